The van der Waals surface area contributed by atoms with Gasteiger partial charge in [0.25, 0.3) is 5.91 Å². The summed E-state index contributed by atoms with van der Waals surface area (Å²) in [5, 5.41) is 14.2. The van der Waals surface area contributed by atoms with E-state index in [2.05, 4.69) is 20.8 Å². The van der Waals surface area contributed by atoms with Crippen LogP contribution in [0.15, 0.2) is 45.4 Å². The fourth-order valence-electron chi connectivity index (χ4n) is 1.78. The van der Waals surface area contributed by atoms with Crippen molar-refractivity contribution in [3.05, 3.63) is 52.4 Å². The summed E-state index contributed by atoms with van der Waals surface area (Å²) >= 11 is 14.1. The van der Waals surface area contributed by atoms with Crippen molar-refractivity contribution in [2.24, 2.45) is 0 Å². The number of halogens is 2. The van der Waals surface area contributed by atoms with Gasteiger partial charge in [0.1, 0.15) is 0 Å². The summed E-state index contributed by atoms with van der Waals surface area (Å²) in [7, 11) is 0. The number of thioether (sulfide) groups is 1. The molecule has 0 radical (unpaired) electrons. The van der Waals surface area contributed by atoms with Gasteiger partial charge in [-0.15, -0.1) is 10.2 Å². The van der Waals surface area contributed by atoms with E-state index in [4.69, 9.17) is 27.6 Å². The Balaban J connectivity index is 1.50. The van der Waals surface area contributed by atoms with E-state index in [1.807, 2.05) is 0 Å². The van der Waals surface area contributed by atoms with Crippen LogP contribution >= 0.6 is 46.3 Å². The normalized spacial score (nSPS) is 10.5. The Hall–Kier alpha value is -2.07. The predicted octanol–water partition coefficient (Wildman–Crippen LogP) is 4.42. The molecule has 0 spiro atoms. The molecule has 0 atom stereocenters. The highest BCUT2D eigenvalue weighted by molar-refractivity contribution is 8.01. The van der Waals surface area contributed by atoms with Gasteiger partial charge >= 0.3 is 0 Å². The van der Waals surface area contributed by atoms with Gasteiger partial charge in [0.05, 0.1) is 22.1 Å². The Bertz CT molecular complexity index is 931. The maximum atomic E-state index is 12.0. The quantitative estimate of drug-likeness (QED) is 0.445. The maximum Gasteiger partial charge on any atom is 0.293 e. The minimum absolute atomic E-state index is 0.126. The Labute approximate surface area is 166 Å². The van der Waals surface area contributed by atoms with Gasteiger partial charge in [-0.2, -0.15) is 0 Å². The first-order valence-electron chi connectivity index (χ1n) is 7.07. The van der Waals surface area contributed by atoms with Crippen LogP contribution in [0, 0.1) is 0 Å². The monoisotopic (exact) mass is 428 g/mol. The fraction of sp³-hybridized carbons (Fsp3) is 0.0667. The topological polar surface area (TPSA) is 97.1 Å². The summed E-state index contributed by atoms with van der Waals surface area (Å²) in [6, 6.07) is 7.98. The first-order valence-corrected chi connectivity index (χ1v) is 9.63. The van der Waals surface area contributed by atoms with Crippen LogP contribution in [0.1, 0.15) is 10.6 Å². The molecule has 2 amide bonds. The summed E-state index contributed by atoms with van der Waals surface area (Å²) in [6.45, 7) is 0. The van der Waals surface area contributed by atoms with Crippen LogP contribution in [0.2, 0.25) is 10.0 Å². The molecule has 11 heteroatoms. The van der Waals surface area contributed by atoms with Crippen molar-refractivity contribution in [3.63, 3.8) is 0 Å². The van der Waals surface area contributed by atoms with Crippen molar-refractivity contribution >= 4 is 68.9 Å². The largest absolute Gasteiger partial charge is 0.459 e. The van der Waals surface area contributed by atoms with Crippen LogP contribution in [0.4, 0.5) is 10.8 Å². The number of hydrogen-bond donors (Lipinski definition) is 2. The zero-order chi connectivity index (χ0) is 18.5. The number of carbonyl (C=O) groups excluding carboxylic acids is 2. The van der Waals surface area contributed by atoms with Crippen LogP contribution in [-0.4, -0.2) is 27.8 Å². The third kappa shape index (κ3) is 4.98. The van der Waals surface area contributed by atoms with Gasteiger partial charge in [0.15, 0.2) is 10.1 Å². The van der Waals surface area contributed by atoms with Crippen molar-refractivity contribution in [2.45, 2.75) is 4.34 Å². The number of nitrogens with one attached hydrogen (secondary N) is 2. The van der Waals surface area contributed by atoms with Crippen LogP contribution in [0.5, 0.6) is 0 Å². The number of hydrogen-bond acceptors (Lipinski definition) is 7. The molecular formula is C15H10Cl2N4O3S2. The molecule has 2 heterocycles. The molecule has 0 aliphatic carbocycles. The predicted molar refractivity (Wildman–Crippen MR) is 102 cm³/mol. The number of carbonyl (C=O) groups is 2. The number of aromatic nitrogens is 2. The molecule has 7 nitrogen and oxygen atoms in total. The van der Waals surface area contributed by atoms with E-state index < -0.39 is 5.91 Å². The highest BCUT2D eigenvalue weighted by Crippen LogP contribution is 2.27. The molecule has 2 N–H and O–H groups in total. The molecule has 0 aliphatic heterocycles. The average molecular weight is 429 g/mol. The lowest BCUT2D eigenvalue weighted by atomic mass is 10.3. The third-order valence-electron chi connectivity index (χ3n) is 2.90. The molecule has 26 heavy (non-hydrogen) atoms. The van der Waals surface area contributed by atoms with Gasteiger partial charge in [0, 0.05) is 5.69 Å². The van der Waals surface area contributed by atoms with Gasteiger partial charge < -0.3 is 9.73 Å². The van der Waals surface area contributed by atoms with Crippen molar-refractivity contribution < 1.29 is 14.0 Å². The smallest absolute Gasteiger partial charge is 0.293 e. The molecule has 0 saturated carbocycles. The summed E-state index contributed by atoms with van der Waals surface area (Å²) in [5.41, 5.74) is 0.550. The average Bonchev–Trinajstić information content (AvgIpc) is 3.28. The Morgan fingerprint density at radius 1 is 1.15 bits per heavy atom. The van der Waals surface area contributed by atoms with E-state index in [9.17, 15) is 9.59 Å². The summed E-state index contributed by atoms with van der Waals surface area (Å²) in [6.07, 6.45) is 1.41. The SMILES string of the molecule is O=C(CSc1nnc(NC(=O)c2ccco2)s1)Nc1ccc(Cl)c(Cl)c1. The number of rotatable bonds is 6. The van der Waals surface area contributed by atoms with Crippen molar-refractivity contribution in [1.82, 2.24) is 10.2 Å². The second kappa shape index (κ2) is 8.54. The molecule has 2 aromatic heterocycles. The molecule has 134 valence electrons. The second-order valence-corrected chi connectivity index (χ2v) is 7.78. The number of anilines is 2. The zero-order valence-corrected chi connectivity index (χ0v) is 16.0. The standard InChI is InChI=1S/C15H10Cl2N4O3S2/c16-9-4-3-8(6-10(9)17)18-12(22)7-25-15-21-20-14(26-15)19-13(23)11-2-1-5-24-11/h1-6H,7H2,(H,18,22)(H,19,20,23). The number of furan rings is 1. The molecular weight excluding hydrogens is 419 g/mol. The number of nitrogens with zero attached hydrogens (tertiary/aromatic N) is 2. The molecule has 0 unspecified atom stereocenters. The first kappa shape index (κ1) is 18.7. The van der Waals surface area contributed by atoms with E-state index in [1.165, 1.54) is 18.0 Å². The van der Waals surface area contributed by atoms with Crippen molar-refractivity contribution in [3.8, 4) is 0 Å². The van der Waals surface area contributed by atoms with E-state index >= 15 is 0 Å². The molecule has 0 fully saturated rings. The summed E-state index contributed by atoms with van der Waals surface area (Å²) in [5.74, 6) is -0.346. The summed E-state index contributed by atoms with van der Waals surface area (Å²) in [4.78, 5) is 23.8. The molecule has 0 aliphatic rings. The van der Waals surface area contributed by atoms with E-state index in [0.29, 0.717) is 25.2 Å². The third-order valence-corrected chi connectivity index (χ3v) is 5.61. The molecule has 0 bridgehead atoms. The number of benzene rings is 1. The lowest BCUT2D eigenvalue weighted by molar-refractivity contribution is -0.113. The minimum atomic E-state index is -0.417. The van der Waals surface area contributed by atoms with Crippen LogP contribution in [0.3, 0.4) is 0 Å². The lowest BCUT2D eigenvalue weighted by Crippen LogP contribution is -2.13. The lowest BCUT2D eigenvalue weighted by Gasteiger charge is -2.05. The van der Waals surface area contributed by atoms with Crippen molar-refractivity contribution in [2.75, 3.05) is 16.4 Å². The van der Waals surface area contributed by atoms with Gasteiger partial charge in [-0.05, 0) is 30.3 Å². The van der Waals surface area contributed by atoms with Gasteiger partial charge in [-0.1, -0.05) is 46.3 Å². The molecule has 3 aromatic rings. The minimum Gasteiger partial charge on any atom is -0.459 e. The van der Waals surface area contributed by atoms with E-state index in [1.54, 1.807) is 30.3 Å². The van der Waals surface area contributed by atoms with E-state index in [0.717, 1.165) is 11.3 Å². The van der Waals surface area contributed by atoms with Gasteiger partial charge in [0.2, 0.25) is 11.0 Å². The Kier molecular flexibility index (Phi) is 6.15. The highest BCUT2D eigenvalue weighted by Gasteiger charge is 2.13. The maximum absolute atomic E-state index is 12.0. The zero-order valence-electron chi connectivity index (χ0n) is 12.9. The molecule has 0 saturated heterocycles. The van der Waals surface area contributed by atoms with Crippen molar-refractivity contribution in [1.29, 1.82) is 0 Å². The highest BCUT2D eigenvalue weighted by atomic mass is 35.5. The first-order chi connectivity index (χ1) is 12.5. The van der Waals surface area contributed by atoms with Crippen LogP contribution in [0.25, 0.3) is 0 Å². The van der Waals surface area contributed by atoms with Crippen LogP contribution < -0.4 is 10.6 Å². The Morgan fingerprint density at radius 2 is 2.00 bits per heavy atom. The fourth-order valence-corrected chi connectivity index (χ4v) is 3.63. The van der Waals surface area contributed by atoms with E-state index in [-0.39, 0.29) is 17.4 Å². The summed E-state index contributed by atoms with van der Waals surface area (Å²) < 4.78 is 5.54. The Morgan fingerprint density at radius 3 is 2.73 bits per heavy atom. The molecule has 1 aromatic carbocycles. The van der Waals surface area contributed by atoms with Gasteiger partial charge in [-0.3, -0.25) is 14.9 Å². The van der Waals surface area contributed by atoms with Gasteiger partial charge in [-0.25, -0.2) is 0 Å². The second-order valence-electron chi connectivity index (χ2n) is 4.77. The number of amides is 2. The molecule has 3 rings (SSSR count). The van der Waals surface area contributed by atoms with Crippen LogP contribution in [-0.2, 0) is 4.79 Å².